The number of hydrogen-bond acceptors (Lipinski definition) is 5. The van der Waals surface area contributed by atoms with E-state index in [9.17, 15) is 14.3 Å². The molecule has 2 aromatic carbocycles. The van der Waals surface area contributed by atoms with Gasteiger partial charge in [0.15, 0.2) is 0 Å². The summed E-state index contributed by atoms with van der Waals surface area (Å²) in [5.41, 5.74) is 3.31. The number of benzene rings is 2. The Morgan fingerprint density at radius 1 is 1.15 bits per heavy atom. The van der Waals surface area contributed by atoms with Crippen molar-refractivity contribution in [1.82, 2.24) is 0 Å². The van der Waals surface area contributed by atoms with E-state index in [-0.39, 0.29) is 11.4 Å². The van der Waals surface area contributed by atoms with Gasteiger partial charge in [-0.25, -0.2) is 5.48 Å². The highest BCUT2D eigenvalue weighted by molar-refractivity contribution is 7.74. The van der Waals surface area contributed by atoms with Crippen molar-refractivity contribution in [2.24, 2.45) is 0 Å². The second-order valence-electron chi connectivity index (χ2n) is 3.76. The van der Waals surface area contributed by atoms with E-state index in [0.29, 0.717) is 5.56 Å². The third kappa shape index (κ3) is 3.38. The second-order valence-corrected chi connectivity index (χ2v) is 4.36. The molecule has 20 heavy (non-hydrogen) atoms. The summed E-state index contributed by atoms with van der Waals surface area (Å²) in [5.74, 6) is 0. The van der Waals surface area contributed by atoms with Crippen LogP contribution in [-0.4, -0.2) is 13.7 Å². The smallest absolute Gasteiger partial charge is 0.282 e. The summed E-state index contributed by atoms with van der Waals surface area (Å²) in [5, 5.41) is 11.0. The fourth-order valence-corrected chi connectivity index (χ4v) is 1.82. The maximum absolute atomic E-state index is 11.0. The lowest BCUT2D eigenvalue weighted by Crippen LogP contribution is -2.05. The van der Waals surface area contributed by atoms with Crippen molar-refractivity contribution in [3.05, 3.63) is 58.6 Å². The highest BCUT2D eigenvalue weighted by atomic mass is 32.2. The van der Waals surface area contributed by atoms with Gasteiger partial charge in [-0.2, -0.15) is 4.21 Å². The molecule has 2 aromatic rings. The third-order valence-electron chi connectivity index (χ3n) is 2.52. The first kappa shape index (κ1) is 14.1. The van der Waals surface area contributed by atoms with Crippen LogP contribution in [0.1, 0.15) is 0 Å². The highest BCUT2D eigenvalue weighted by Gasteiger charge is 2.16. The fraction of sp³-hybridized carbons (Fsp3) is 0. The number of anilines is 1. The predicted molar refractivity (Wildman–Crippen MR) is 74.0 cm³/mol. The van der Waals surface area contributed by atoms with Crippen LogP contribution in [-0.2, 0) is 15.6 Å². The van der Waals surface area contributed by atoms with Crippen LogP contribution < -0.4 is 5.48 Å². The number of nitro benzene ring substituents is 1. The first-order valence-corrected chi connectivity index (χ1v) is 6.49. The Morgan fingerprint density at radius 3 is 2.45 bits per heavy atom. The van der Waals surface area contributed by atoms with Gasteiger partial charge in [0.25, 0.3) is 5.69 Å². The molecule has 0 aliphatic carbocycles. The van der Waals surface area contributed by atoms with E-state index in [1.165, 1.54) is 12.1 Å². The van der Waals surface area contributed by atoms with Gasteiger partial charge in [-0.05, 0) is 17.2 Å². The maximum Gasteiger partial charge on any atom is 0.324 e. The molecular weight excluding hydrogens is 284 g/mol. The van der Waals surface area contributed by atoms with E-state index in [0.717, 1.165) is 5.56 Å². The molecule has 2 rings (SSSR count). The summed E-state index contributed by atoms with van der Waals surface area (Å²) < 4.78 is 23.1. The van der Waals surface area contributed by atoms with Crippen LogP contribution in [0.3, 0.4) is 0 Å². The van der Waals surface area contributed by atoms with Crippen LogP contribution in [0.15, 0.2) is 48.5 Å². The quantitative estimate of drug-likeness (QED) is 0.499. The molecule has 7 nitrogen and oxygen atoms in total. The molecule has 0 fully saturated rings. The second kappa shape index (κ2) is 6.24. The minimum Gasteiger partial charge on any atom is -0.282 e. The number of nitrogens with zero attached hydrogens (tertiary/aromatic N) is 1. The van der Waals surface area contributed by atoms with Crippen LogP contribution in [0.25, 0.3) is 11.1 Å². The Hall–Kier alpha value is -2.29. The molecule has 0 spiro atoms. The lowest BCUT2D eigenvalue weighted by Gasteiger charge is -2.06. The van der Waals surface area contributed by atoms with Gasteiger partial charge in [0.05, 0.1) is 4.92 Å². The minimum absolute atomic E-state index is 0.00270. The van der Waals surface area contributed by atoms with Crippen molar-refractivity contribution >= 4 is 22.7 Å². The zero-order chi connectivity index (χ0) is 14.5. The predicted octanol–water partition coefficient (Wildman–Crippen LogP) is 2.74. The summed E-state index contributed by atoms with van der Waals surface area (Å²) >= 11 is -2.56. The van der Waals surface area contributed by atoms with Crippen molar-refractivity contribution < 1.29 is 18.0 Å². The van der Waals surface area contributed by atoms with E-state index in [4.69, 9.17) is 4.55 Å². The summed E-state index contributed by atoms with van der Waals surface area (Å²) in [4.78, 5) is 10.4. The zero-order valence-electron chi connectivity index (χ0n) is 10.1. The number of nitro groups is 1. The molecule has 0 aromatic heterocycles. The first-order valence-electron chi connectivity index (χ1n) is 5.46. The average molecular weight is 294 g/mol. The Labute approximate surface area is 116 Å². The molecule has 104 valence electrons. The third-order valence-corrected chi connectivity index (χ3v) is 2.75. The van der Waals surface area contributed by atoms with Crippen LogP contribution in [0.4, 0.5) is 11.4 Å². The van der Waals surface area contributed by atoms with Crippen molar-refractivity contribution in [2.75, 3.05) is 5.48 Å². The molecule has 1 atom stereocenters. The Bertz CT molecular complexity index is 648. The summed E-state index contributed by atoms with van der Waals surface area (Å²) in [6, 6.07) is 13.6. The first-order chi connectivity index (χ1) is 9.58. The zero-order valence-corrected chi connectivity index (χ0v) is 10.9. The van der Waals surface area contributed by atoms with E-state index in [1.807, 2.05) is 30.3 Å². The standard InChI is InChI=1S/C12H10N2O5S/c15-14(16)12-8-10(9-4-2-1-3-5-9)6-7-11(12)13-19-20(17)18/h1-8,13H,(H,17,18). The summed E-state index contributed by atoms with van der Waals surface area (Å²) in [7, 11) is 0. The van der Waals surface area contributed by atoms with Crippen molar-refractivity contribution in [2.45, 2.75) is 0 Å². The lowest BCUT2D eigenvalue weighted by molar-refractivity contribution is -0.384. The molecule has 0 saturated heterocycles. The molecule has 0 saturated carbocycles. The molecule has 0 aliphatic heterocycles. The SMILES string of the molecule is O=[N+]([O-])c1cc(-c2ccccc2)ccc1NOS(=O)O. The number of hydrogen-bond donors (Lipinski definition) is 2. The van der Waals surface area contributed by atoms with E-state index in [1.54, 1.807) is 6.07 Å². The molecule has 0 radical (unpaired) electrons. The summed E-state index contributed by atoms with van der Waals surface area (Å²) in [6.45, 7) is 0. The molecule has 0 bridgehead atoms. The maximum atomic E-state index is 11.0. The molecule has 0 aliphatic rings. The van der Waals surface area contributed by atoms with Gasteiger partial charge >= 0.3 is 11.4 Å². The molecule has 1 unspecified atom stereocenters. The minimum atomic E-state index is -2.56. The fourth-order valence-electron chi connectivity index (χ4n) is 1.66. The highest BCUT2D eigenvalue weighted by Crippen LogP contribution is 2.30. The Morgan fingerprint density at radius 2 is 1.85 bits per heavy atom. The van der Waals surface area contributed by atoms with Crippen molar-refractivity contribution in [3.8, 4) is 11.1 Å². The topological polar surface area (TPSA) is 102 Å². The summed E-state index contributed by atoms with van der Waals surface area (Å²) in [6.07, 6.45) is 0. The van der Waals surface area contributed by atoms with Gasteiger partial charge in [-0.1, -0.05) is 36.4 Å². The normalized spacial score (nSPS) is 11.8. The lowest BCUT2D eigenvalue weighted by atomic mass is 10.0. The Kier molecular flexibility index (Phi) is 4.41. The average Bonchev–Trinajstić information content (AvgIpc) is 2.45. The van der Waals surface area contributed by atoms with Gasteiger partial charge < -0.3 is 0 Å². The molecule has 0 amide bonds. The Balaban J connectivity index is 2.37. The van der Waals surface area contributed by atoms with E-state index < -0.39 is 16.3 Å². The van der Waals surface area contributed by atoms with Crippen molar-refractivity contribution in [3.63, 3.8) is 0 Å². The molecular formula is C12H10N2O5S. The van der Waals surface area contributed by atoms with Gasteiger partial charge in [0.1, 0.15) is 5.69 Å². The largest absolute Gasteiger partial charge is 0.324 e. The van der Waals surface area contributed by atoms with Gasteiger partial charge in [0, 0.05) is 6.07 Å². The van der Waals surface area contributed by atoms with Gasteiger partial charge in [-0.3, -0.25) is 14.7 Å². The molecule has 0 heterocycles. The van der Waals surface area contributed by atoms with Gasteiger partial charge in [0.2, 0.25) is 0 Å². The van der Waals surface area contributed by atoms with E-state index in [2.05, 4.69) is 9.76 Å². The van der Waals surface area contributed by atoms with Crippen LogP contribution >= 0.6 is 0 Å². The molecule has 8 heteroatoms. The molecule has 2 N–H and O–H groups in total. The monoisotopic (exact) mass is 294 g/mol. The number of nitrogens with one attached hydrogen (secondary N) is 1. The van der Waals surface area contributed by atoms with Crippen molar-refractivity contribution in [1.29, 1.82) is 0 Å². The van der Waals surface area contributed by atoms with Gasteiger partial charge in [-0.15, -0.1) is 4.28 Å². The van der Waals surface area contributed by atoms with Crippen LogP contribution in [0, 0.1) is 10.1 Å². The van der Waals surface area contributed by atoms with Crippen LogP contribution in [0.2, 0.25) is 0 Å². The van der Waals surface area contributed by atoms with E-state index >= 15 is 0 Å². The number of rotatable bonds is 5. The van der Waals surface area contributed by atoms with Crippen LogP contribution in [0.5, 0.6) is 0 Å².